The summed E-state index contributed by atoms with van der Waals surface area (Å²) in [5.41, 5.74) is 4.40. The molecule has 0 aromatic heterocycles. The number of nitrogens with zero attached hydrogens (tertiary/aromatic N) is 8. The molecule has 16 nitrogen and oxygen atoms in total. The van der Waals surface area contributed by atoms with Gasteiger partial charge >= 0.3 is 0 Å². The molecule has 0 amide bonds. The molecule has 0 fully saturated rings. The zero-order valence-electron chi connectivity index (χ0n) is 62.5. The highest BCUT2D eigenvalue weighted by Gasteiger charge is 2.57. The molecule has 1 unspecified atom stereocenters. The smallest absolute Gasteiger partial charge is 0.270 e. The maximum Gasteiger partial charge on any atom is 0.270 e. The van der Waals surface area contributed by atoms with Crippen molar-refractivity contribution < 1.29 is 37.9 Å². The van der Waals surface area contributed by atoms with Crippen LogP contribution in [-0.2, 0) is 16.2 Å². The van der Waals surface area contributed by atoms with Gasteiger partial charge in [-0.05, 0) is 167 Å². The lowest BCUT2D eigenvalue weighted by Gasteiger charge is -2.31. The van der Waals surface area contributed by atoms with Crippen molar-refractivity contribution in [2.24, 2.45) is 0 Å². The third-order valence-electron chi connectivity index (χ3n) is 19.3. The minimum Gasteiger partial charge on any atom is -0.468 e. The lowest BCUT2D eigenvalue weighted by Crippen LogP contribution is -2.27. The maximum atomic E-state index is 11.2. The molecule has 0 radical (unpaired) electrons. The number of terminal acetylenes is 8. The second kappa shape index (κ2) is 34.0. The normalized spacial score (nSPS) is 13.2. The Morgan fingerprint density at radius 3 is 0.788 bits per heavy atom. The third kappa shape index (κ3) is 16.4. The summed E-state index contributed by atoms with van der Waals surface area (Å²) in [6.45, 7) is 28.1. The van der Waals surface area contributed by atoms with E-state index in [0.29, 0.717) is 52.9 Å². The van der Waals surface area contributed by atoms with E-state index in [2.05, 4.69) is 96.9 Å². The number of fused-ring (bicyclic) bond motifs is 4. The van der Waals surface area contributed by atoms with Crippen molar-refractivity contribution in [1.82, 2.24) is 0 Å². The Labute approximate surface area is 660 Å². The van der Waals surface area contributed by atoms with Crippen molar-refractivity contribution in [3.63, 3.8) is 0 Å². The van der Waals surface area contributed by atoms with Gasteiger partial charge in [0.25, 0.3) is 11.4 Å². The summed E-state index contributed by atoms with van der Waals surface area (Å²) in [5, 5.41) is 22.4. The first-order valence-electron chi connectivity index (χ1n) is 35.7. The van der Waals surface area contributed by atoms with Gasteiger partial charge in [-0.2, -0.15) is 10.5 Å². The Morgan fingerprint density at radius 2 is 0.531 bits per heavy atom. The summed E-state index contributed by atoms with van der Waals surface area (Å²) in [6, 6.07) is 61.6. The van der Waals surface area contributed by atoms with Gasteiger partial charge in [0.15, 0.2) is 23.0 Å². The molecule has 12 rings (SSSR count). The Bertz CT molecular complexity index is 5500. The van der Waals surface area contributed by atoms with E-state index < -0.39 is 16.2 Å². The Kier molecular flexibility index (Phi) is 23.1. The number of para-hydroxylation sites is 2. The molecule has 16 heteroatoms. The van der Waals surface area contributed by atoms with Crippen LogP contribution in [0.2, 0.25) is 0 Å². The van der Waals surface area contributed by atoms with Crippen molar-refractivity contribution in [2.75, 3.05) is 72.0 Å². The van der Waals surface area contributed by atoms with E-state index in [9.17, 15) is 10.5 Å². The van der Waals surface area contributed by atoms with E-state index in [1.165, 1.54) is 0 Å². The number of hydrogen-bond donors (Lipinski definition) is 0. The molecular formula is C97H72N8O8. The van der Waals surface area contributed by atoms with Gasteiger partial charge in [-0.15, -0.1) is 51.4 Å². The fourth-order valence-electron chi connectivity index (χ4n) is 14.6. The van der Waals surface area contributed by atoms with Crippen LogP contribution in [0.1, 0.15) is 73.9 Å². The first kappa shape index (κ1) is 76.9. The molecule has 548 valence electrons. The summed E-state index contributed by atoms with van der Waals surface area (Å²) in [4.78, 5) is 15.4. The van der Waals surface area contributed by atoms with Crippen molar-refractivity contribution in [2.45, 2.75) is 56.8 Å². The highest BCUT2D eigenvalue weighted by Crippen LogP contribution is 2.66. The van der Waals surface area contributed by atoms with Crippen molar-refractivity contribution in [3.8, 4) is 203 Å². The van der Waals surface area contributed by atoms with Crippen LogP contribution < -0.4 is 57.5 Å². The quantitative estimate of drug-likeness (QED) is 0.0339. The van der Waals surface area contributed by atoms with E-state index in [0.717, 1.165) is 27.9 Å². The van der Waals surface area contributed by atoms with Gasteiger partial charge in [-0.25, -0.2) is 9.69 Å². The first-order chi connectivity index (χ1) is 54.9. The topological polar surface area (TPSA) is 143 Å². The highest BCUT2D eigenvalue weighted by atomic mass is 16.5. The van der Waals surface area contributed by atoms with Crippen molar-refractivity contribution >= 4 is 34.1 Å². The van der Waals surface area contributed by atoms with E-state index in [1.54, 1.807) is 133 Å². The number of anilines is 4. The van der Waals surface area contributed by atoms with E-state index in [1.807, 2.05) is 80.3 Å². The molecule has 1 spiro atoms. The van der Waals surface area contributed by atoms with Gasteiger partial charge in [0, 0.05) is 52.4 Å². The van der Waals surface area contributed by atoms with Crippen molar-refractivity contribution in [1.29, 1.82) is 10.5 Å². The second-order valence-electron chi connectivity index (χ2n) is 27.7. The minimum atomic E-state index is -0.868. The average molecular weight is 1480 g/mol. The molecule has 0 N–H and O–H groups in total. The first-order valence-corrected chi connectivity index (χ1v) is 35.7. The minimum absolute atomic E-state index is 0.0357. The lowest BCUT2D eigenvalue weighted by molar-refractivity contribution is 0.349. The largest absolute Gasteiger partial charge is 0.468 e. The molecule has 0 aliphatic heterocycles. The van der Waals surface area contributed by atoms with Gasteiger partial charge in [0.05, 0.1) is 65.5 Å². The van der Waals surface area contributed by atoms with Gasteiger partial charge in [0.1, 0.15) is 92.3 Å². The molecule has 0 bridgehead atoms. The molecule has 2 aliphatic carbocycles. The van der Waals surface area contributed by atoms with Gasteiger partial charge in [-0.3, -0.25) is 0 Å². The number of hydrogen-bond acceptors (Lipinski definition) is 14. The Hall–Kier alpha value is -15.8. The summed E-state index contributed by atoms with van der Waals surface area (Å²) < 4.78 is 54.6. The van der Waals surface area contributed by atoms with Crippen LogP contribution in [0.25, 0.3) is 9.69 Å². The standard InChI is InChI=1S/C97H72N8O8/c1-15-47-102(48-16-2)67-31-23-35-71(55-67)106-81-39-27-41-83(75(81)63-98)110-89-59-77-79(61-91(89)111-84-42-28-40-82(76(84)64-99)107-72-36-24-32-68(56-72)103(49-17-3)50-18-4)97(65-95(77,9)10)66-96(11,12)78-60-90(112-87-45-29-43-85(93(87)100-13)108-73-37-25-33-69(57-73)104(51-19-5)52-20-6)92(62-80(78)97)113-88-46-30-44-86(94(88)101-14)109-74-38-26-34-70(58-74)105(53-21-7)54-22-8/h1-8,23-46,55-62H,47-54,65-66H2,9-12H3. The van der Waals surface area contributed by atoms with Crippen LogP contribution in [0.5, 0.6) is 92.0 Å². The van der Waals surface area contributed by atoms with Crippen LogP contribution >= 0.6 is 0 Å². The number of nitriles is 2. The van der Waals surface area contributed by atoms with Crippen LogP contribution in [0.15, 0.2) is 194 Å². The SMILES string of the molecule is [C-]#[N+]c1c(Oc2cccc(N(CC#C)CC#C)c2)cccc1Oc1cc2c(cc1Oc1cccc(Oc3cccc(N(CC#C)CC#C)c3)c1[N+]#[C-])C1(CC(C)(C)c3cc(Oc4cccc(Oc5cccc(N(CC#C)CC#C)c5)c4C#N)c(Oc4cccc(Oc5cccc(N(CC#C)CC#C)c5)c4C#N)cc31)CC2(C)C. The molecule has 10 aromatic carbocycles. The predicted molar refractivity (Wildman–Crippen MR) is 443 cm³/mol. The third-order valence-corrected chi connectivity index (χ3v) is 19.3. The molecular weight excluding hydrogens is 1410 g/mol. The van der Waals surface area contributed by atoms with Gasteiger partial charge in [-0.1, -0.05) is 124 Å². The Balaban J connectivity index is 1.02. The van der Waals surface area contributed by atoms with Crippen LogP contribution in [0, 0.1) is 135 Å². The van der Waals surface area contributed by atoms with E-state index >= 15 is 0 Å². The number of benzene rings is 10. The highest BCUT2D eigenvalue weighted by molar-refractivity contribution is 5.74. The summed E-state index contributed by atoms with van der Waals surface area (Å²) >= 11 is 0. The monoisotopic (exact) mass is 1480 g/mol. The zero-order chi connectivity index (χ0) is 79.8. The number of ether oxygens (including phenoxy) is 8. The second-order valence-corrected chi connectivity index (χ2v) is 27.7. The maximum absolute atomic E-state index is 11.2. The van der Waals surface area contributed by atoms with E-state index in [-0.39, 0.29) is 144 Å². The number of rotatable bonds is 28. The van der Waals surface area contributed by atoms with Gasteiger partial charge in [0.2, 0.25) is 0 Å². The molecule has 0 heterocycles. The van der Waals surface area contributed by atoms with E-state index in [4.69, 9.17) is 102 Å². The average Bonchev–Trinajstić information content (AvgIpc) is 1.52. The Morgan fingerprint density at radius 1 is 0.310 bits per heavy atom. The van der Waals surface area contributed by atoms with Crippen LogP contribution in [-0.4, -0.2) is 52.4 Å². The molecule has 10 aromatic rings. The summed E-state index contributed by atoms with van der Waals surface area (Å²) in [5.74, 6) is 24.9. The fraction of sp³-hybridized carbons (Fsp3) is 0.175. The predicted octanol–water partition coefficient (Wildman–Crippen LogP) is 20.8. The summed E-state index contributed by atoms with van der Waals surface area (Å²) in [7, 11) is 0. The summed E-state index contributed by atoms with van der Waals surface area (Å²) in [6.07, 6.45) is 47.0. The molecule has 2 aliphatic rings. The van der Waals surface area contributed by atoms with Gasteiger partial charge < -0.3 is 57.5 Å². The van der Waals surface area contributed by atoms with Crippen LogP contribution in [0.4, 0.5) is 34.1 Å². The fourth-order valence-corrected chi connectivity index (χ4v) is 14.6. The van der Waals surface area contributed by atoms with Crippen LogP contribution in [0.3, 0.4) is 0 Å². The molecule has 0 saturated carbocycles. The lowest BCUT2D eigenvalue weighted by atomic mass is 9.72. The molecule has 0 saturated heterocycles. The molecule has 1 atom stereocenters. The van der Waals surface area contributed by atoms with Crippen molar-refractivity contribution in [3.05, 3.63) is 250 Å². The zero-order valence-corrected chi connectivity index (χ0v) is 62.5. The molecule has 113 heavy (non-hydrogen) atoms.